The van der Waals surface area contributed by atoms with Crippen LogP contribution in [0.3, 0.4) is 0 Å². The molecule has 2 aromatic carbocycles. The van der Waals surface area contributed by atoms with Crippen molar-refractivity contribution in [2.45, 2.75) is 25.8 Å². The van der Waals surface area contributed by atoms with E-state index in [1.54, 1.807) is 19.0 Å². The summed E-state index contributed by atoms with van der Waals surface area (Å²) in [5.74, 6) is 1.70. The van der Waals surface area contributed by atoms with E-state index in [1.165, 1.54) is 5.56 Å². The van der Waals surface area contributed by atoms with Crippen LogP contribution < -0.4 is 9.47 Å². The second kappa shape index (κ2) is 7.54. The van der Waals surface area contributed by atoms with Crippen LogP contribution >= 0.6 is 0 Å². The van der Waals surface area contributed by atoms with Gasteiger partial charge in [-0.05, 0) is 53.8 Å². The van der Waals surface area contributed by atoms with Crippen LogP contribution in [0.2, 0.25) is 0 Å². The zero-order valence-corrected chi connectivity index (χ0v) is 16.2. The third-order valence-corrected chi connectivity index (χ3v) is 5.29. The van der Waals surface area contributed by atoms with Gasteiger partial charge in [-0.3, -0.25) is 9.59 Å². The molecule has 2 aromatic rings. The molecule has 2 aliphatic heterocycles. The number of hydrogen-bond acceptors (Lipinski definition) is 4. The van der Waals surface area contributed by atoms with Crippen molar-refractivity contribution < 1.29 is 19.1 Å². The molecule has 0 fully saturated rings. The molecule has 0 N–H and O–H groups in total. The van der Waals surface area contributed by atoms with Gasteiger partial charge in [0.25, 0.3) is 5.91 Å². The largest absolute Gasteiger partial charge is 0.454 e. The van der Waals surface area contributed by atoms with Crippen molar-refractivity contribution in [2.24, 2.45) is 0 Å². The van der Waals surface area contributed by atoms with Crippen LogP contribution in [0.5, 0.6) is 11.5 Å². The molecule has 0 unspecified atom stereocenters. The number of amides is 2. The van der Waals surface area contributed by atoms with Gasteiger partial charge in [-0.1, -0.05) is 12.1 Å². The van der Waals surface area contributed by atoms with E-state index in [0.29, 0.717) is 24.9 Å². The van der Waals surface area contributed by atoms with E-state index < -0.39 is 0 Å². The Balaban J connectivity index is 1.35. The fraction of sp³-hybridized carbons (Fsp3) is 0.364. The summed E-state index contributed by atoms with van der Waals surface area (Å²) in [4.78, 5) is 28.1. The van der Waals surface area contributed by atoms with Gasteiger partial charge in [-0.2, -0.15) is 0 Å². The number of carbonyl (C=O) groups is 2. The molecule has 0 saturated heterocycles. The summed E-state index contributed by atoms with van der Waals surface area (Å²) in [6.45, 7) is 1.60. The zero-order valence-electron chi connectivity index (χ0n) is 16.2. The molecule has 4 rings (SSSR count). The predicted octanol–water partition coefficient (Wildman–Crippen LogP) is 2.63. The summed E-state index contributed by atoms with van der Waals surface area (Å²) in [5, 5.41) is 0. The van der Waals surface area contributed by atoms with Gasteiger partial charge in [0.2, 0.25) is 12.7 Å². The highest BCUT2D eigenvalue weighted by Crippen LogP contribution is 2.36. The number of rotatable bonds is 4. The van der Waals surface area contributed by atoms with Crippen LogP contribution in [-0.2, 0) is 24.2 Å². The Morgan fingerprint density at radius 3 is 2.39 bits per heavy atom. The number of nitrogens with zero attached hydrogens (tertiary/aromatic N) is 2. The minimum absolute atomic E-state index is 0.0181. The average Bonchev–Trinajstić information content (AvgIpc) is 3.16. The first kappa shape index (κ1) is 18.3. The number of aryl methyl sites for hydroxylation is 1. The first-order chi connectivity index (χ1) is 13.5. The lowest BCUT2D eigenvalue weighted by Gasteiger charge is -2.29. The highest BCUT2D eigenvalue weighted by atomic mass is 16.7. The van der Waals surface area contributed by atoms with Crippen molar-refractivity contribution in [3.8, 4) is 11.5 Å². The molecule has 146 valence electrons. The van der Waals surface area contributed by atoms with Gasteiger partial charge >= 0.3 is 0 Å². The fourth-order valence-corrected chi connectivity index (χ4v) is 3.64. The lowest BCUT2D eigenvalue weighted by molar-refractivity contribution is -0.132. The minimum atomic E-state index is -0.0181. The first-order valence-corrected chi connectivity index (χ1v) is 9.51. The molecule has 2 aliphatic rings. The fourth-order valence-electron chi connectivity index (χ4n) is 3.64. The predicted molar refractivity (Wildman–Crippen MR) is 104 cm³/mol. The first-order valence-electron chi connectivity index (χ1n) is 9.51. The van der Waals surface area contributed by atoms with Gasteiger partial charge in [-0.25, -0.2) is 0 Å². The maximum absolute atomic E-state index is 12.7. The minimum Gasteiger partial charge on any atom is -0.454 e. The zero-order chi connectivity index (χ0) is 19.7. The van der Waals surface area contributed by atoms with Gasteiger partial charge in [0, 0.05) is 39.2 Å². The van der Waals surface area contributed by atoms with Crippen molar-refractivity contribution in [1.82, 2.24) is 9.80 Å². The van der Waals surface area contributed by atoms with Crippen molar-refractivity contribution in [1.29, 1.82) is 0 Å². The van der Waals surface area contributed by atoms with E-state index >= 15 is 0 Å². The Kier molecular flexibility index (Phi) is 4.94. The third kappa shape index (κ3) is 3.67. The van der Waals surface area contributed by atoms with Crippen molar-refractivity contribution in [2.75, 3.05) is 27.4 Å². The summed E-state index contributed by atoms with van der Waals surface area (Å²) in [7, 11) is 3.47. The quantitative estimate of drug-likeness (QED) is 0.818. The lowest BCUT2D eigenvalue weighted by atomic mass is 9.98. The van der Waals surface area contributed by atoms with E-state index in [4.69, 9.17) is 9.47 Å². The molecule has 0 atom stereocenters. The summed E-state index contributed by atoms with van der Waals surface area (Å²) in [5.41, 5.74) is 4.08. The van der Waals surface area contributed by atoms with Gasteiger partial charge in [0.15, 0.2) is 11.5 Å². The van der Waals surface area contributed by atoms with E-state index in [2.05, 4.69) is 0 Å². The monoisotopic (exact) mass is 380 g/mol. The van der Waals surface area contributed by atoms with Crippen molar-refractivity contribution >= 4 is 11.8 Å². The maximum atomic E-state index is 12.7. The summed E-state index contributed by atoms with van der Waals surface area (Å²) in [6, 6.07) is 11.5. The molecular formula is C22H24N2O4. The summed E-state index contributed by atoms with van der Waals surface area (Å²) in [6.07, 6.45) is 1.96. The topological polar surface area (TPSA) is 59.1 Å². The molecule has 0 spiro atoms. The Hall–Kier alpha value is -3.02. The maximum Gasteiger partial charge on any atom is 0.253 e. The van der Waals surface area contributed by atoms with E-state index in [1.807, 2.05) is 41.3 Å². The highest BCUT2D eigenvalue weighted by molar-refractivity contribution is 5.93. The standard InChI is InChI=1S/C22H24N2O4/c1-23(2)22(26)16-6-3-15(4-7-16)5-8-21(25)24-10-9-17-11-19-20(28-14-27-19)12-18(17)13-24/h3-4,6-7,11-12H,5,8-10,13-14H2,1-2H3. The van der Waals surface area contributed by atoms with Gasteiger partial charge < -0.3 is 19.3 Å². The average molecular weight is 380 g/mol. The molecule has 2 amide bonds. The molecule has 0 aliphatic carbocycles. The molecule has 0 radical (unpaired) electrons. The Morgan fingerprint density at radius 2 is 1.71 bits per heavy atom. The molecule has 0 saturated carbocycles. The number of carbonyl (C=O) groups excluding carboxylic acids is 2. The Bertz CT molecular complexity index is 905. The van der Waals surface area contributed by atoms with Gasteiger partial charge in [-0.15, -0.1) is 0 Å². The van der Waals surface area contributed by atoms with Gasteiger partial charge in [0.1, 0.15) is 0 Å². The normalized spacial score (nSPS) is 14.6. The van der Waals surface area contributed by atoms with Crippen LogP contribution in [0, 0.1) is 0 Å². The van der Waals surface area contributed by atoms with E-state index in [-0.39, 0.29) is 18.6 Å². The molecule has 28 heavy (non-hydrogen) atoms. The van der Waals surface area contributed by atoms with Gasteiger partial charge in [0.05, 0.1) is 0 Å². The smallest absolute Gasteiger partial charge is 0.253 e. The van der Waals surface area contributed by atoms with E-state index in [9.17, 15) is 9.59 Å². The second-order valence-electron chi connectivity index (χ2n) is 7.44. The Labute approximate surface area is 164 Å². The second-order valence-corrected chi connectivity index (χ2v) is 7.44. The molecule has 2 heterocycles. The number of benzene rings is 2. The summed E-state index contributed by atoms with van der Waals surface area (Å²) < 4.78 is 10.9. The molecular weight excluding hydrogens is 356 g/mol. The third-order valence-electron chi connectivity index (χ3n) is 5.29. The molecule has 6 heteroatoms. The SMILES string of the molecule is CN(C)C(=O)c1ccc(CCC(=O)N2CCc3cc4c(cc3C2)OCO4)cc1. The number of ether oxygens (including phenoxy) is 2. The van der Waals surface area contributed by atoms with Crippen LogP contribution in [-0.4, -0.2) is 49.0 Å². The highest BCUT2D eigenvalue weighted by Gasteiger charge is 2.24. The van der Waals surface area contributed by atoms with Crippen LogP contribution in [0.15, 0.2) is 36.4 Å². The molecule has 0 bridgehead atoms. The lowest BCUT2D eigenvalue weighted by Crippen LogP contribution is -2.36. The van der Waals surface area contributed by atoms with Crippen LogP contribution in [0.1, 0.15) is 33.5 Å². The Morgan fingerprint density at radius 1 is 1.04 bits per heavy atom. The number of hydrogen-bond donors (Lipinski definition) is 0. The van der Waals surface area contributed by atoms with Crippen LogP contribution in [0.25, 0.3) is 0 Å². The van der Waals surface area contributed by atoms with Crippen LogP contribution in [0.4, 0.5) is 0 Å². The van der Waals surface area contributed by atoms with Crippen molar-refractivity contribution in [3.05, 3.63) is 58.7 Å². The van der Waals surface area contributed by atoms with Crippen molar-refractivity contribution in [3.63, 3.8) is 0 Å². The van der Waals surface area contributed by atoms with E-state index in [0.717, 1.165) is 35.6 Å². The molecule has 6 nitrogen and oxygen atoms in total. The number of fused-ring (bicyclic) bond motifs is 2. The summed E-state index contributed by atoms with van der Waals surface area (Å²) >= 11 is 0. The molecule has 0 aromatic heterocycles.